The Morgan fingerprint density at radius 1 is 1.47 bits per heavy atom. The first-order valence-corrected chi connectivity index (χ1v) is 5.33. The highest BCUT2D eigenvalue weighted by Gasteiger charge is 2.13. The Morgan fingerprint density at radius 3 is 3.00 bits per heavy atom. The van der Waals surface area contributed by atoms with Gasteiger partial charge in [0.15, 0.2) is 0 Å². The molecule has 0 saturated carbocycles. The number of aromatic nitrogens is 1. The molecule has 1 aromatic heterocycles. The quantitative estimate of drug-likeness (QED) is 0.740. The number of rotatable bonds is 2. The molecule has 0 amide bonds. The van der Waals surface area contributed by atoms with Gasteiger partial charge in [0.1, 0.15) is 0 Å². The molecule has 0 saturated heterocycles. The van der Waals surface area contributed by atoms with Crippen LogP contribution in [0.15, 0.2) is 23.3 Å². The Balaban J connectivity index is 2.22. The predicted molar refractivity (Wildman–Crippen MR) is 60.6 cm³/mol. The monoisotopic (exact) mass is 204 g/mol. The first kappa shape index (κ1) is 10.1. The van der Waals surface area contributed by atoms with Gasteiger partial charge >= 0.3 is 0 Å². The van der Waals surface area contributed by atoms with Crippen LogP contribution in [0.5, 0.6) is 5.88 Å². The number of aliphatic imine (C=N–C) groups is 1. The molecule has 2 rings (SSSR count). The van der Waals surface area contributed by atoms with Crippen LogP contribution < -0.4 is 4.74 Å². The molecule has 0 bridgehead atoms. The zero-order valence-electron chi connectivity index (χ0n) is 9.23. The molecule has 3 heteroatoms. The minimum absolute atomic E-state index is 0.661. The van der Waals surface area contributed by atoms with Crippen molar-refractivity contribution in [2.24, 2.45) is 10.9 Å². The summed E-state index contributed by atoms with van der Waals surface area (Å²) < 4.78 is 5.10. The Hall–Kier alpha value is -1.38. The van der Waals surface area contributed by atoms with Crippen molar-refractivity contribution in [1.82, 2.24) is 4.98 Å². The molecule has 1 aliphatic rings. The van der Waals surface area contributed by atoms with E-state index >= 15 is 0 Å². The van der Waals surface area contributed by atoms with Crippen LogP contribution >= 0.6 is 0 Å². The van der Waals surface area contributed by atoms with Crippen molar-refractivity contribution < 1.29 is 4.74 Å². The number of ether oxygens (including phenoxy) is 1. The second kappa shape index (κ2) is 4.43. The molecule has 80 valence electrons. The molecular formula is C12H16N2O. The normalized spacial score (nSPS) is 20.9. The highest BCUT2D eigenvalue weighted by Crippen LogP contribution is 2.19. The average molecular weight is 204 g/mol. The lowest BCUT2D eigenvalue weighted by Gasteiger charge is -2.17. The summed E-state index contributed by atoms with van der Waals surface area (Å²) in [7, 11) is 1.64. The van der Waals surface area contributed by atoms with Crippen molar-refractivity contribution in [2.45, 2.75) is 19.8 Å². The maximum atomic E-state index is 5.10. The molecule has 0 aliphatic carbocycles. The largest absolute Gasteiger partial charge is 0.481 e. The fourth-order valence-electron chi connectivity index (χ4n) is 1.76. The van der Waals surface area contributed by atoms with E-state index < -0.39 is 0 Å². The van der Waals surface area contributed by atoms with Gasteiger partial charge in [-0.2, -0.15) is 0 Å². The molecular weight excluding hydrogens is 188 g/mol. The maximum absolute atomic E-state index is 5.10. The van der Waals surface area contributed by atoms with E-state index in [0.29, 0.717) is 5.88 Å². The van der Waals surface area contributed by atoms with Gasteiger partial charge in [0.2, 0.25) is 5.88 Å². The Kier molecular flexibility index (Phi) is 2.99. The molecule has 15 heavy (non-hydrogen) atoms. The Bertz CT molecular complexity index is 374. The number of hydrogen-bond donors (Lipinski definition) is 0. The molecule has 1 aromatic rings. The first-order valence-electron chi connectivity index (χ1n) is 5.33. The number of methoxy groups -OCH3 is 1. The van der Waals surface area contributed by atoms with Gasteiger partial charge in [-0.15, -0.1) is 0 Å². The summed E-state index contributed by atoms with van der Waals surface area (Å²) >= 11 is 0. The van der Waals surface area contributed by atoms with E-state index in [4.69, 9.17) is 4.74 Å². The fourth-order valence-corrected chi connectivity index (χ4v) is 1.76. The van der Waals surface area contributed by atoms with E-state index in [1.807, 2.05) is 12.1 Å². The predicted octanol–water partition coefficient (Wildman–Crippen LogP) is 2.31. The first-order chi connectivity index (χ1) is 7.29. The molecule has 0 N–H and O–H groups in total. The Morgan fingerprint density at radius 2 is 2.33 bits per heavy atom. The van der Waals surface area contributed by atoms with Crippen LogP contribution in [0.2, 0.25) is 0 Å². The molecule has 0 spiro atoms. The van der Waals surface area contributed by atoms with Gasteiger partial charge in [-0.25, -0.2) is 4.98 Å². The van der Waals surface area contributed by atoms with E-state index in [1.54, 1.807) is 13.3 Å². The molecule has 1 unspecified atom stereocenters. The molecule has 1 aliphatic heterocycles. The highest BCUT2D eigenvalue weighted by atomic mass is 16.5. The maximum Gasteiger partial charge on any atom is 0.213 e. The van der Waals surface area contributed by atoms with E-state index in [0.717, 1.165) is 24.4 Å². The lowest BCUT2D eigenvalue weighted by Crippen LogP contribution is -2.14. The molecule has 3 nitrogen and oxygen atoms in total. The zero-order chi connectivity index (χ0) is 10.7. The standard InChI is InChI=1S/C12H16N2O/c1-9-3-4-11(14-8-9)10-5-6-13-12(7-10)15-2/h5-7,9H,3-4,8H2,1-2H3. The van der Waals surface area contributed by atoms with Crippen LogP contribution in [0.25, 0.3) is 0 Å². The third-order valence-corrected chi connectivity index (χ3v) is 2.74. The molecule has 1 atom stereocenters. The van der Waals surface area contributed by atoms with E-state index in [2.05, 4.69) is 16.9 Å². The van der Waals surface area contributed by atoms with Crippen molar-refractivity contribution in [3.63, 3.8) is 0 Å². The number of hydrogen-bond acceptors (Lipinski definition) is 3. The van der Waals surface area contributed by atoms with Gasteiger partial charge in [-0.1, -0.05) is 6.92 Å². The van der Waals surface area contributed by atoms with Crippen LogP contribution in [-0.4, -0.2) is 24.4 Å². The molecule has 2 heterocycles. The van der Waals surface area contributed by atoms with Crippen molar-refractivity contribution in [3.8, 4) is 5.88 Å². The van der Waals surface area contributed by atoms with Crippen molar-refractivity contribution in [3.05, 3.63) is 23.9 Å². The minimum atomic E-state index is 0.661. The number of pyridine rings is 1. The van der Waals surface area contributed by atoms with Crippen molar-refractivity contribution in [1.29, 1.82) is 0 Å². The second-order valence-electron chi connectivity index (χ2n) is 4.02. The van der Waals surface area contributed by atoms with Gasteiger partial charge in [-0.3, -0.25) is 4.99 Å². The Labute approximate surface area is 90.2 Å². The third-order valence-electron chi connectivity index (χ3n) is 2.74. The van der Waals surface area contributed by atoms with Crippen LogP contribution in [0.3, 0.4) is 0 Å². The second-order valence-corrected chi connectivity index (χ2v) is 4.02. The topological polar surface area (TPSA) is 34.5 Å². The van der Waals surface area contributed by atoms with Crippen molar-refractivity contribution in [2.75, 3.05) is 13.7 Å². The van der Waals surface area contributed by atoms with Crippen LogP contribution in [0.4, 0.5) is 0 Å². The summed E-state index contributed by atoms with van der Waals surface area (Å²) in [5, 5.41) is 0. The van der Waals surface area contributed by atoms with Gasteiger partial charge < -0.3 is 4.74 Å². The van der Waals surface area contributed by atoms with Gasteiger partial charge in [-0.05, 0) is 24.8 Å². The number of nitrogens with zero attached hydrogens (tertiary/aromatic N) is 2. The summed E-state index contributed by atoms with van der Waals surface area (Å²) in [6.07, 6.45) is 4.06. The van der Waals surface area contributed by atoms with E-state index in [9.17, 15) is 0 Å². The molecule has 0 fully saturated rings. The molecule has 0 aromatic carbocycles. The van der Waals surface area contributed by atoms with Gasteiger partial charge in [0.05, 0.1) is 7.11 Å². The average Bonchev–Trinajstić information content (AvgIpc) is 2.30. The van der Waals surface area contributed by atoms with Gasteiger partial charge in [0, 0.05) is 30.1 Å². The highest BCUT2D eigenvalue weighted by molar-refractivity contribution is 6.01. The zero-order valence-corrected chi connectivity index (χ0v) is 9.23. The lowest BCUT2D eigenvalue weighted by atomic mass is 9.96. The van der Waals surface area contributed by atoms with Gasteiger partial charge in [0.25, 0.3) is 0 Å². The van der Waals surface area contributed by atoms with E-state index in [-0.39, 0.29) is 0 Å². The van der Waals surface area contributed by atoms with Crippen LogP contribution in [-0.2, 0) is 0 Å². The lowest BCUT2D eigenvalue weighted by molar-refractivity contribution is 0.397. The van der Waals surface area contributed by atoms with Crippen LogP contribution in [0.1, 0.15) is 25.3 Å². The van der Waals surface area contributed by atoms with Crippen LogP contribution in [0, 0.1) is 5.92 Å². The summed E-state index contributed by atoms with van der Waals surface area (Å²) in [6.45, 7) is 3.19. The summed E-state index contributed by atoms with van der Waals surface area (Å²) in [5.41, 5.74) is 2.34. The van der Waals surface area contributed by atoms with Crippen molar-refractivity contribution >= 4 is 5.71 Å². The minimum Gasteiger partial charge on any atom is -0.481 e. The smallest absolute Gasteiger partial charge is 0.213 e. The third kappa shape index (κ3) is 2.35. The summed E-state index contributed by atoms with van der Waals surface area (Å²) in [4.78, 5) is 8.68. The summed E-state index contributed by atoms with van der Waals surface area (Å²) in [5.74, 6) is 1.38. The summed E-state index contributed by atoms with van der Waals surface area (Å²) in [6, 6.07) is 3.95. The van der Waals surface area contributed by atoms with E-state index in [1.165, 1.54) is 12.1 Å². The fraction of sp³-hybridized carbons (Fsp3) is 0.500. The molecule has 0 radical (unpaired) electrons. The SMILES string of the molecule is COc1cc(C2=NCC(C)CC2)ccn1.